The predicted octanol–water partition coefficient (Wildman–Crippen LogP) is 3.66. The molecule has 2 amide bonds. The molecule has 1 saturated heterocycles. The van der Waals surface area contributed by atoms with Gasteiger partial charge >= 0.3 is 0 Å². The minimum absolute atomic E-state index is 0.0150. The fraction of sp³-hybridized carbons (Fsp3) is 0.238. The molecule has 150 valence electrons. The lowest BCUT2D eigenvalue weighted by Crippen LogP contribution is -2.51. The predicted molar refractivity (Wildman–Crippen MR) is 119 cm³/mol. The summed E-state index contributed by atoms with van der Waals surface area (Å²) in [7, 11) is 0. The van der Waals surface area contributed by atoms with Crippen LogP contribution < -0.4 is 10.2 Å². The molecule has 2 N–H and O–H groups in total. The van der Waals surface area contributed by atoms with E-state index in [0.717, 1.165) is 34.2 Å². The van der Waals surface area contributed by atoms with Crippen LogP contribution in [-0.4, -0.2) is 54.4 Å². The number of benzene rings is 2. The van der Waals surface area contributed by atoms with Gasteiger partial charge in [0.05, 0.1) is 6.54 Å². The zero-order valence-corrected chi connectivity index (χ0v) is 18.0. The monoisotopic (exact) mass is 474 g/mol. The first-order valence-corrected chi connectivity index (χ1v) is 10.5. The Balaban J connectivity index is 1.29. The first-order valence-electron chi connectivity index (χ1n) is 9.34. The summed E-state index contributed by atoms with van der Waals surface area (Å²) >= 11 is 9.35. The van der Waals surface area contributed by atoms with E-state index in [2.05, 4.69) is 31.1 Å². The number of anilines is 1. The van der Waals surface area contributed by atoms with Crippen LogP contribution in [-0.2, 0) is 4.79 Å². The van der Waals surface area contributed by atoms with Crippen LogP contribution in [0.5, 0.6) is 0 Å². The molecule has 0 spiro atoms. The molecule has 8 heteroatoms. The van der Waals surface area contributed by atoms with Crippen molar-refractivity contribution in [1.82, 2.24) is 15.2 Å². The fourth-order valence-corrected chi connectivity index (χ4v) is 3.94. The van der Waals surface area contributed by atoms with E-state index in [1.54, 1.807) is 11.0 Å². The average Bonchev–Trinajstić information content (AvgIpc) is 3.16. The van der Waals surface area contributed by atoms with Crippen molar-refractivity contribution in [3.63, 3.8) is 0 Å². The molecule has 1 aliphatic heterocycles. The Labute approximate surface area is 181 Å². The average molecular weight is 476 g/mol. The van der Waals surface area contributed by atoms with Gasteiger partial charge < -0.3 is 20.1 Å². The Morgan fingerprint density at radius 3 is 2.48 bits per heavy atom. The third-order valence-corrected chi connectivity index (χ3v) is 5.80. The van der Waals surface area contributed by atoms with Crippen molar-refractivity contribution in [3.8, 4) is 0 Å². The second-order valence-electron chi connectivity index (χ2n) is 6.94. The van der Waals surface area contributed by atoms with Gasteiger partial charge in [-0.3, -0.25) is 9.59 Å². The molecule has 1 aliphatic rings. The Morgan fingerprint density at radius 1 is 1.03 bits per heavy atom. The first kappa shape index (κ1) is 19.8. The summed E-state index contributed by atoms with van der Waals surface area (Å²) in [6.45, 7) is 2.73. The highest BCUT2D eigenvalue weighted by Crippen LogP contribution is 2.21. The van der Waals surface area contributed by atoms with E-state index in [9.17, 15) is 9.59 Å². The number of carbonyl (C=O) groups is 2. The van der Waals surface area contributed by atoms with E-state index in [4.69, 9.17) is 11.6 Å². The lowest BCUT2D eigenvalue weighted by Gasteiger charge is -2.36. The molecule has 2 aromatic carbocycles. The number of rotatable bonds is 4. The molecule has 0 saturated carbocycles. The SMILES string of the molecule is O=C(NCC(=O)N1CCN(c2ccc(Cl)cc2)CC1)c1cc2ccc(Br)cc2[nH]1. The summed E-state index contributed by atoms with van der Waals surface area (Å²) in [5.74, 6) is -0.363. The summed E-state index contributed by atoms with van der Waals surface area (Å²) < 4.78 is 0.937. The number of aromatic nitrogens is 1. The van der Waals surface area contributed by atoms with Gasteiger partial charge in [0, 0.05) is 52.3 Å². The zero-order chi connectivity index (χ0) is 20.4. The van der Waals surface area contributed by atoms with Crippen LogP contribution in [0.2, 0.25) is 5.02 Å². The van der Waals surface area contributed by atoms with Gasteiger partial charge in [-0.25, -0.2) is 0 Å². The molecule has 2 heterocycles. The molecular formula is C21H20BrClN4O2. The van der Waals surface area contributed by atoms with Gasteiger partial charge in [0.15, 0.2) is 0 Å². The quantitative estimate of drug-likeness (QED) is 0.605. The molecular weight excluding hydrogens is 456 g/mol. The van der Waals surface area contributed by atoms with E-state index >= 15 is 0 Å². The number of halogens is 2. The maximum absolute atomic E-state index is 12.5. The molecule has 4 rings (SSSR count). The smallest absolute Gasteiger partial charge is 0.268 e. The Bertz CT molecular complexity index is 1040. The largest absolute Gasteiger partial charge is 0.368 e. The van der Waals surface area contributed by atoms with E-state index < -0.39 is 0 Å². The molecule has 0 aliphatic carbocycles. The number of hydrogen-bond acceptors (Lipinski definition) is 3. The Kier molecular flexibility index (Phi) is 5.78. The highest BCUT2D eigenvalue weighted by atomic mass is 79.9. The highest BCUT2D eigenvalue weighted by Gasteiger charge is 2.22. The van der Waals surface area contributed by atoms with Crippen molar-refractivity contribution >= 4 is 55.9 Å². The molecule has 3 aromatic rings. The maximum atomic E-state index is 12.5. The highest BCUT2D eigenvalue weighted by molar-refractivity contribution is 9.10. The zero-order valence-electron chi connectivity index (χ0n) is 15.6. The van der Waals surface area contributed by atoms with Crippen molar-refractivity contribution in [2.45, 2.75) is 0 Å². The minimum Gasteiger partial charge on any atom is -0.368 e. The van der Waals surface area contributed by atoms with Crippen LogP contribution >= 0.6 is 27.5 Å². The maximum Gasteiger partial charge on any atom is 0.268 e. The number of fused-ring (bicyclic) bond motifs is 1. The molecule has 1 aromatic heterocycles. The molecule has 0 unspecified atom stereocenters. The van der Waals surface area contributed by atoms with Gasteiger partial charge in [-0.15, -0.1) is 0 Å². The minimum atomic E-state index is -0.287. The normalized spacial score (nSPS) is 14.3. The van der Waals surface area contributed by atoms with Gasteiger partial charge in [0.25, 0.3) is 5.91 Å². The fourth-order valence-electron chi connectivity index (χ4n) is 3.45. The number of carbonyl (C=O) groups excluding carboxylic acids is 2. The van der Waals surface area contributed by atoms with Crippen LogP contribution in [0.4, 0.5) is 5.69 Å². The number of hydrogen-bond donors (Lipinski definition) is 2. The standard InChI is InChI=1S/C21H20BrClN4O2/c22-15-2-1-14-11-19(25-18(14)12-15)21(29)24-13-20(28)27-9-7-26(8-10-27)17-5-3-16(23)4-6-17/h1-6,11-12,25H,7-10,13H2,(H,24,29). The molecule has 1 fully saturated rings. The Hall–Kier alpha value is -2.51. The van der Waals surface area contributed by atoms with Crippen LogP contribution in [0.25, 0.3) is 10.9 Å². The van der Waals surface area contributed by atoms with Gasteiger partial charge in [0.1, 0.15) is 5.69 Å². The second-order valence-corrected chi connectivity index (χ2v) is 8.29. The summed E-state index contributed by atoms with van der Waals surface area (Å²) in [6.07, 6.45) is 0. The van der Waals surface area contributed by atoms with Crippen LogP contribution in [0.1, 0.15) is 10.5 Å². The topological polar surface area (TPSA) is 68.4 Å². The van der Waals surface area contributed by atoms with Crippen molar-refractivity contribution in [2.75, 3.05) is 37.6 Å². The van der Waals surface area contributed by atoms with Gasteiger partial charge in [-0.2, -0.15) is 0 Å². The van der Waals surface area contributed by atoms with Crippen molar-refractivity contribution in [1.29, 1.82) is 0 Å². The summed E-state index contributed by atoms with van der Waals surface area (Å²) in [6, 6.07) is 15.3. The lowest BCUT2D eigenvalue weighted by atomic mass is 10.2. The molecule has 0 bridgehead atoms. The Morgan fingerprint density at radius 2 is 1.76 bits per heavy atom. The third-order valence-electron chi connectivity index (χ3n) is 5.05. The van der Waals surface area contributed by atoms with E-state index in [1.165, 1.54) is 0 Å². The van der Waals surface area contributed by atoms with Crippen LogP contribution in [0, 0.1) is 0 Å². The van der Waals surface area contributed by atoms with E-state index in [0.29, 0.717) is 23.8 Å². The lowest BCUT2D eigenvalue weighted by molar-refractivity contribution is -0.130. The first-order chi connectivity index (χ1) is 14.0. The number of amides is 2. The third kappa shape index (κ3) is 4.57. The molecule has 0 atom stereocenters. The van der Waals surface area contributed by atoms with Crippen molar-refractivity contribution in [3.05, 3.63) is 63.7 Å². The summed E-state index contributed by atoms with van der Waals surface area (Å²) in [5.41, 5.74) is 2.41. The molecule has 0 radical (unpaired) electrons. The molecule has 6 nitrogen and oxygen atoms in total. The van der Waals surface area contributed by atoms with Gasteiger partial charge in [-0.1, -0.05) is 33.6 Å². The number of aromatic amines is 1. The van der Waals surface area contributed by atoms with Crippen molar-refractivity contribution in [2.24, 2.45) is 0 Å². The number of H-pyrrole nitrogens is 1. The van der Waals surface area contributed by atoms with E-state index in [-0.39, 0.29) is 18.4 Å². The summed E-state index contributed by atoms with van der Waals surface area (Å²) in [5, 5.41) is 4.38. The van der Waals surface area contributed by atoms with Crippen LogP contribution in [0.3, 0.4) is 0 Å². The molecule has 29 heavy (non-hydrogen) atoms. The van der Waals surface area contributed by atoms with Gasteiger partial charge in [0.2, 0.25) is 5.91 Å². The van der Waals surface area contributed by atoms with Gasteiger partial charge in [-0.05, 0) is 42.5 Å². The van der Waals surface area contributed by atoms with Crippen LogP contribution in [0.15, 0.2) is 53.0 Å². The number of nitrogens with one attached hydrogen (secondary N) is 2. The summed E-state index contributed by atoms with van der Waals surface area (Å²) in [4.78, 5) is 32.0. The second kappa shape index (κ2) is 8.47. The van der Waals surface area contributed by atoms with Crippen molar-refractivity contribution < 1.29 is 9.59 Å². The van der Waals surface area contributed by atoms with E-state index in [1.807, 2.05) is 42.5 Å². The number of piperazine rings is 1. The number of nitrogens with zero attached hydrogens (tertiary/aromatic N) is 2.